The van der Waals surface area contributed by atoms with E-state index in [1.54, 1.807) is 44.2 Å². The monoisotopic (exact) mass is 291 g/mol. The molecule has 3 N–H and O–H groups in total. The average molecular weight is 292 g/mol. The molecule has 0 saturated heterocycles. The molecule has 0 amide bonds. The van der Waals surface area contributed by atoms with Gasteiger partial charge in [0.2, 0.25) is 0 Å². The molecule has 0 saturated carbocycles. The van der Waals surface area contributed by atoms with Crippen molar-refractivity contribution in [2.45, 2.75) is 19.4 Å². The molecule has 2 aromatic carbocycles. The molecule has 0 spiro atoms. The zero-order valence-electron chi connectivity index (χ0n) is 11.1. The van der Waals surface area contributed by atoms with E-state index in [1.165, 1.54) is 0 Å². The maximum absolute atomic E-state index is 10.1. The Labute approximate surface area is 121 Å². The van der Waals surface area contributed by atoms with Gasteiger partial charge in [-0.15, -0.1) is 0 Å². The number of hydrogen-bond acceptors (Lipinski definition) is 4. The van der Waals surface area contributed by atoms with Crippen LogP contribution in [0.1, 0.15) is 19.4 Å². The molecular formula is C15H14ClNO3. The van der Waals surface area contributed by atoms with Crippen molar-refractivity contribution in [1.29, 1.82) is 0 Å². The highest BCUT2D eigenvalue weighted by Crippen LogP contribution is 2.48. The summed E-state index contributed by atoms with van der Waals surface area (Å²) in [7, 11) is 0. The van der Waals surface area contributed by atoms with E-state index in [0.717, 1.165) is 0 Å². The Bertz CT molecular complexity index is 692. The Hall–Kier alpha value is -1.91. The predicted octanol–water partition coefficient (Wildman–Crippen LogP) is 4.05. The lowest BCUT2D eigenvalue weighted by atomic mass is 9.96. The van der Waals surface area contributed by atoms with Gasteiger partial charge in [-0.25, -0.2) is 0 Å². The molecule has 4 nitrogen and oxygen atoms in total. The van der Waals surface area contributed by atoms with Gasteiger partial charge in [-0.05, 0) is 32.0 Å². The van der Waals surface area contributed by atoms with Crippen LogP contribution < -0.4 is 15.2 Å². The normalized spacial score (nSPS) is 13.0. The molecule has 1 aliphatic heterocycles. The fourth-order valence-electron chi connectivity index (χ4n) is 2.15. The first-order valence-corrected chi connectivity index (χ1v) is 6.54. The highest BCUT2D eigenvalue weighted by atomic mass is 35.5. The molecule has 0 aromatic heterocycles. The van der Waals surface area contributed by atoms with Crippen LogP contribution in [0.4, 0.5) is 5.69 Å². The van der Waals surface area contributed by atoms with Crippen molar-refractivity contribution < 1.29 is 14.6 Å². The third-order valence-electron chi connectivity index (χ3n) is 3.12. The number of anilines is 1. The van der Waals surface area contributed by atoms with Crippen LogP contribution in [0, 0.1) is 0 Å². The zero-order valence-corrected chi connectivity index (χ0v) is 11.9. The summed E-state index contributed by atoms with van der Waals surface area (Å²) in [4.78, 5) is 0. The van der Waals surface area contributed by atoms with E-state index in [4.69, 9.17) is 26.8 Å². The van der Waals surface area contributed by atoms with Gasteiger partial charge in [0.15, 0.2) is 23.0 Å². The first-order chi connectivity index (χ1) is 9.34. The quantitative estimate of drug-likeness (QED) is 0.664. The lowest BCUT2D eigenvalue weighted by molar-refractivity contribution is 0.0791. The molecule has 5 heteroatoms. The van der Waals surface area contributed by atoms with Gasteiger partial charge >= 0.3 is 0 Å². The Balaban J connectivity index is 2.09. The van der Waals surface area contributed by atoms with Gasteiger partial charge in [0.1, 0.15) is 0 Å². The van der Waals surface area contributed by atoms with Crippen LogP contribution in [0.15, 0.2) is 30.3 Å². The van der Waals surface area contributed by atoms with Crippen molar-refractivity contribution in [2.75, 3.05) is 5.73 Å². The number of fused-ring (bicyclic) bond motifs is 2. The molecule has 0 bridgehead atoms. The van der Waals surface area contributed by atoms with E-state index in [2.05, 4.69) is 0 Å². The molecule has 0 atom stereocenters. The van der Waals surface area contributed by atoms with Gasteiger partial charge in [0.25, 0.3) is 0 Å². The van der Waals surface area contributed by atoms with Crippen LogP contribution in [-0.4, -0.2) is 5.11 Å². The van der Waals surface area contributed by atoms with Crippen LogP contribution in [0.2, 0.25) is 5.02 Å². The minimum Gasteiger partial charge on any atom is -0.449 e. The highest BCUT2D eigenvalue weighted by molar-refractivity contribution is 6.30. The fourth-order valence-corrected chi connectivity index (χ4v) is 2.31. The van der Waals surface area contributed by atoms with Crippen molar-refractivity contribution in [3.63, 3.8) is 0 Å². The van der Waals surface area contributed by atoms with Gasteiger partial charge in [0, 0.05) is 28.4 Å². The Morgan fingerprint density at radius 1 is 1.00 bits per heavy atom. The summed E-state index contributed by atoms with van der Waals surface area (Å²) in [6.07, 6.45) is 0. The predicted molar refractivity (Wildman–Crippen MR) is 77.7 cm³/mol. The molecule has 0 fully saturated rings. The number of halogens is 1. The Morgan fingerprint density at radius 2 is 1.60 bits per heavy atom. The summed E-state index contributed by atoms with van der Waals surface area (Å²) < 4.78 is 11.5. The summed E-state index contributed by atoms with van der Waals surface area (Å²) in [5, 5.41) is 10.7. The summed E-state index contributed by atoms with van der Waals surface area (Å²) >= 11 is 5.93. The molecule has 0 unspecified atom stereocenters. The molecule has 1 heterocycles. The molecule has 1 aliphatic rings. The fraction of sp³-hybridized carbons (Fsp3) is 0.200. The zero-order chi connectivity index (χ0) is 14.5. The lowest BCUT2D eigenvalue weighted by Gasteiger charge is -2.25. The van der Waals surface area contributed by atoms with Gasteiger partial charge in [-0.3, -0.25) is 0 Å². The summed E-state index contributed by atoms with van der Waals surface area (Å²) in [6, 6.07) is 8.48. The van der Waals surface area contributed by atoms with Crippen LogP contribution in [0.5, 0.6) is 23.0 Å². The Kier molecular flexibility index (Phi) is 2.81. The SMILES string of the molecule is CC(C)(O)c1cc2c(cc1N)Oc1cc(Cl)ccc1O2. The molecular weight excluding hydrogens is 278 g/mol. The third kappa shape index (κ3) is 2.17. The van der Waals surface area contributed by atoms with Crippen molar-refractivity contribution in [1.82, 2.24) is 0 Å². The maximum atomic E-state index is 10.1. The van der Waals surface area contributed by atoms with Gasteiger partial charge < -0.3 is 20.3 Å². The van der Waals surface area contributed by atoms with E-state index >= 15 is 0 Å². The van der Waals surface area contributed by atoms with Crippen molar-refractivity contribution in [2.24, 2.45) is 0 Å². The second-order valence-electron chi connectivity index (χ2n) is 5.24. The number of rotatable bonds is 1. The van der Waals surface area contributed by atoms with E-state index in [-0.39, 0.29) is 0 Å². The van der Waals surface area contributed by atoms with E-state index in [0.29, 0.717) is 39.3 Å². The van der Waals surface area contributed by atoms with E-state index in [9.17, 15) is 5.11 Å². The topological polar surface area (TPSA) is 64.7 Å². The van der Waals surface area contributed by atoms with E-state index < -0.39 is 5.60 Å². The van der Waals surface area contributed by atoms with Gasteiger partial charge in [-0.1, -0.05) is 11.6 Å². The standard InChI is InChI=1S/C15H14ClNO3/c1-15(2,18)9-6-13-14(7-10(9)17)20-12-5-8(16)3-4-11(12)19-13/h3-7,18H,17H2,1-2H3. The second kappa shape index (κ2) is 4.30. The van der Waals surface area contributed by atoms with Gasteiger partial charge in [-0.2, -0.15) is 0 Å². The minimum atomic E-state index is -1.05. The molecule has 3 rings (SSSR count). The first-order valence-electron chi connectivity index (χ1n) is 6.16. The average Bonchev–Trinajstić information content (AvgIpc) is 2.34. The number of benzene rings is 2. The first kappa shape index (κ1) is 13.1. The minimum absolute atomic E-state index is 0.449. The van der Waals surface area contributed by atoms with E-state index in [1.807, 2.05) is 0 Å². The largest absolute Gasteiger partial charge is 0.449 e. The number of ether oxygens (including phenoxy) is 2. The molecule has 0 aliphatic carbocycles. The molecule has 20 heavy (non-hydrogen) atoms. The van der Waals surface area contributed by atoms with Crippen LogP contribution >= 0.6 is 11.6 Å². The number of aliphatic hydroxyl groups is 1. The summed E-state index contributed by atoms with van der Waals surface area (Å²) in [5.74, 6) is 2.14. The highest BCUT2D eigenvalue weighted by Gasteiger charge is 2.26. The number of nitrogen functional groups attached to an aromatic ring is 1. The van der Waals surface area contributed by atoms with Crippen molar-refractivity contribution >= 4 is 17.3 Å². The van der Waals surface area contributed by atoms with Gasteiger partial charge in [0.05, 0.1) is 5.60 Å². The summed E-state index contributed by atoms with van der Waals surface area (Å²) in [6.45, 7) is 3.34. The van der Waals surface area contributed by atoms with Crippen molar-refractivity contribution in [3.05, 3.63) is 40.9 Å². The molecule has 2 aromatic rings. The summed E-state index contributed by atoms with van der Waals surface area (Å²) in [5.41, 5.74) is 5.95. The molecule has 104 valence electrons. The third-order valence-corrected chi connectivity index (χ3v) is 3.36. The number of hydrogen-bond donors (Lipinski definition) is 2. The Morgan fingerprint density at radius 3 is 2.30 bits per heavy atom. The smallest absolute Gasteiger partial charge is 0.172 e. The van der Waals surface area contributed by atoms with Crippen molar-refractivity contribution in [3.8, 4) is 23.0 Å². The second-order valence-corrected chi connectivity index (χ2v) is 5.68. The van der Waals surface area contributed by atoms with Crippen LogP contribution in [0.25, 0.3) is 0 Å². The maximum Gasteiger partial charge on any atom is 0.172 e. The number of nitrogens with two attached hydrogens (primary N) is 1. The lowest BCUT2D eigenvalue weighted by Crippen LogP contribution is -2.18. The van der Waals surface area contributed by atoms with Crippen LogP contribution in [-0.2, 0) is 5.60 Å². The van der Waals surface area contributed by atoms with Crippen LogP contribution in [0.3, 0.4) is 0 Å². The molecule has 0 radical (unpaired) electrons.